The molecule has 0 radical (unpaired) electrons. The van der Waals surface area contributed by atoms with E-state index in [-0.39, 0.29) is 11.8 Å². The van der Waals surface area contributed by atoms with Gasteiger partial charge in [-0.25, -0.2) is 4.98 Å². The van der Waals surface area contributed by atoms with Crippen molar-refractivity contribution in [2.75, 3.05) is 6.54 Å². The molecule has 0 spiro atoms. The lowest BCUT2D eigenvalue weighted by Gasteiger charge is -2.14. The zero-order chi connectivity index (χ0) is 16.4. The number of thiophene rings is 1. The minimum atomic E-state index is -0.0848. The van der Waals surface area contributed by atoms with E-state index in [0.717, 1.165) is 16.0 Å². The Morgan fingerprint density at radius 1 is 1.21 bits per heavy atom. The fourth-order valence-corrected chi connectivity index (χ4v) is 4.17. The lowest BCUT2D eigenvalue weighted by Crippen LogP contribution is -2.28. The summed E-state index contributed by atoms with van der Waals surface area (Å²) in [5.41, 5.74) is 3.36. The third kappa shape index (κ3) is 2.98. The second-order valence-corrected chi connectivity index (χ2v) is 7.19. The number of furan rings is 1. The quantitative estimate of drug-likeness (QED) is 0.573. The van der Waals surface area contributed by atoms with Crippen LogP contribution in [0.2, 0.25) is 0 Å². The number of hydrogen-bond donors (Lipinski definition) is 1. The van der Waals surface area contributed by atoms with Crippen molar-refractivity contribution in [2.24, 2.45) is 0 Å². The molecular formula is C18H14N2O2S2. The van der Waals surface area contributed by atoms with Crippen LogP contribution in [0.4, 0.5) is 0 Å². The van der Waals surface area contributed by atoms with Gasteiger partial charge in [0.2, 0.25) is 0 Å². The molecule has 6 heteroatoms. The maximum atomic E-state index is 12.5. The van der Waals surface area contributed by atoms with Gasteiger partial charge in [0, 0.05) is 17.0 Å². The van der Waals surface area contributed by atoms with E-state index < -0.39 is 0 Å². The molecule has 1 amide bonds. The van der Waals surface area contributed by atoms with Gasteiger partial charge in [0.15, 0.2) is 0 Å². The summed E-state index contributed by atoms with van der Waals surface area (Å²) in [6.07, 6.45) is 1.66. The van der Waals surface area contributed by atoms with E-state index in [2.05, 4.69) is 16.4 Å². The summed E-state index contributed by atoms with van der Waals surface area (Å²) in [6, 6.07) is 13.5. The first kappa shape index (κ1) is 15.1. The second kappa shape index (κ2) is 6.59. The maximum absolute atomic E-state index is 12.5. The molecular weight excluding hydrogens is 340 g/mol. The molecule has 1 N–H and O–H groups in total. The van der Waals surface area contributed by atoms with E-state index in [0.29, 0.717) is 12.1 Å². The van der Waals surface area contributed by atoms with Gasteiger partial charge in [-0.3, -0.25) is 4.79 Å². The SMILES string of the molecule is O=C(NC[C@H](c1ccco1)c1cccs1)c1ccc2ncsc2c1. The van der Waals surface area contributed by atoms with Crippen LogP contribution in [0.5, 0.6) is 0 Å². The van der Waals surface area contributed by atoms with E-state index in [1.807, 2.05) is 41.8 Å². The van der Waals surface area contributed by atoms with Gasteiger partial charge in [0.25, 0.3) is 5.91 Å². The van der Waals surface area contributed by atoms with Crippen molar-refractivity contribution < 1.29 is 9.21 Å². The predicted octanol–water partition coefficient (Wildman–Crippen LogP) is 4.51. The molecule has 0 bridgehead atoms. The molecule has 24 heavy (non-hydrogen) atoms. The monoisotopic (exact) mass is 354 g/mol. The number of rotatable bonds is 5. The van der Waals surface area contributed by atoms with E-state index in [9.17, 15) is 4.79 Å². The summed E-state index contributed by atoms with van der Waals surface area (Å²) in [4.78, 5) is 17.9. The highest BCUT2D eigenvalue weighted by molar-refractivity contribution is 7.16. The Hall–Kier alpha value is -2.44. The van der Waals surface area contributed by atoms with Crippen molar-refractivity contribution in [1.29, 1.82) is 0 Å². The highest BCUT2D eigenvalue weighted by Crippen LogP contribution is 2.28. The summed E-state index contributed by atoms with van der Waals surface area (Å²) >= 11 is 3.20. The Labute approximate surface area is 146 Å². The average Bonchev–Trinajstić information content (AvgIpc) is 3.36. The summed E-state index contributed by atoms with van der Waals surface area (Å²) in [6.45, 7) is 0.494. The highest BCUT2D eigenvalue weighted by Gasteiger charge is 2.19. The number of hydrogen-bond acceptors (Lipinski definition) is 5. The fraction of sp³-hybridized carbons (Fsp3) is 0.111. The van der Waals surface area contributed by atoms with Crippen LogP contribution in [0.1, 0.15) is 26.9 Å². The standard InChI is InChI=1S/C18H14N2O2S2/c21-18(12-5-6-14-17(9-12)24-11-20-14)19-10-13(15-3-1-7-22-15)16-4-2-8-23-16/h1-9,11,13H,10H2,(H,19,21)/t13-/m1/s1. The number of fused-ring (bicyclic) bond motifs is 1. The molecule has 3 aromatic heterocycles. The van der Waals surface area contributed by atoms with Gasteiger partial charge in [0.05, 0.1) is 27.9 Å². The Balaban J connectivity index is 1.52. The molecule has 0 aliphatic carbocycles. The third-order valence-electron chi connectivity index (χ3n) is 3.83. The first-order valence-electron chi connectivity index (χ1n) is 7.49. The van der Waals surface area contributed by atoms with E-state index in [1.165, 1.54) is 16.2 Å². The van der Waals surface area contributed by atoms with Crippen LogP contribution in [-0.2, 0) is 0 Å². The van der Waals surface area contributed by atoms with Gasteiger partial charge < -0.3 is 9.73 Å². The molecule has 1 atom stereocenters. The molecule has 0 unspecified atom stereocenters. The number of benzene rings is 1. The van der Waals surface area contributed by atoms with Crippen molar-refractivity contribution in [3.8, 4) is 0 Å². The molecule has 3 heterocycles. The number of amides is 1. The minimum Gasteiger partial charge on any atom is -0.469 e. The van der Waals surface area contributed by atoms with Crippen LogP contribution in [0.3, 0.4) is 0 Å². The lowest BCUT2D eigenvalue weighted by atomic mass is 10.0. The molecule has 4 nitrogen and oxygen atoms in total. The number of thiazole rings is 1. The second-order valence-electron chi connectivity index (χ2n) is 5.33. The van der Waals surface area contributed by atoms with Crippen molar-refractivity contribution in [1.82, 2.24) is 10.3 Å². The fourth-order valence-electron chi connectivity index (χ4n) is 2.61. The molecule has 1 aromatic carbocycles. The van der Waals surface area contributed by atoms with Crippen LogP contribution in [-0.4, -0.2) is 17.4 Å². The largest absolute Gasteiger partial charge is 0.469 e. The van der Waals surface area contributed by atoms with Crippen LogP contribution in [0.25, 0.3) is 10.2 Å². The van der Waals surface area contributed by atoms with Crippen LogP contribution in [0, 0.1) is 0 Å². The average molecular weight is 354 g/mol. The Bertz CT molecular complexity index is 908. The normalized spacial score (nSPS) is 12.3. The first-order valence-corrected chi connectivity index (χ1v) is 9.25. The number of nitrogens with zero attached hydrogens (tertiary/aromatic N) is 1. The van der Waals surface area contributed by atoms with Gasteiger partial charge >= 0.3 is 0 Å². The Morgan fingerprint density at radius 3 is 2.96 bits per heavy atom. The van der Waals surface area contributed by atoms with Crippen molar-refractivity contribution in [2.45, 2.75) is 5.92 Å². The Morgan fingerprint density at radius 2 is 2.17 bits per heavy atom. The lowest BCUT2D eigenvalue weighted by molar-refractivity contribution is 0.0952. The van der Waals surface area contributed by atoms with E-state index >= 15 is 0 Å². The molecule has 0 saturated heterocycles. The number of nitrogens with one attached hydrogen (secondary N) is 1. The molecule has 4 rings (SSSR count). The molecule has 0 fully saturated rings. The van der Waals surface area contributed by atoms with Crippen molar-refractivity contribution in [3.63, 3.8) is 0 Å². The summed E-state index contributed by atoms with van der Waals surface area (Å²) in [5, 5.41) is 5.06. The summed E-state index contributed by atoms with van der Waals surface area (Å²) < 4.78 is 6.57. The van der Waals surface area contributed by atoms with Gasteiger partial charge in [-0.15, -0.1) is 22.7 Å². The zero-order valence-electron chi connectivity index (χ0n) is 12.6. The molecule has 0 aliphatic rings. The van der Waals surface area contributed by atoms with Crippen LogP contribution >= 0.6 is 22.7 Å². The number of carbonyl (C=O) groups excluding carboxylic acids is 1. The van der Waals surface area contributed by atoms with Crippen LogP contribution in [0.15, 0.2) is 64.0 Å². The molecule has 120 valence electrons. The first-order chi connectivity index (χ1) is 11.8. The zero-order valence-corrected chi connectivity index (χ0v) is 14.3. The molecule has 0 aliphatic heterocycles. The smallest absolute Gasteiger partial charge is 0.251 e. The Kier molecular flexibility index (Phi) is 4.15. The molecule has 0 saturated carbocycles. The summed E-state index contributed by atoms with van der Waals surface area (Å²) in [7, 11) is 0. The maximum Gasteiger partial charge on any atom is 0.251 e. The third-order valence-corrected chi connectivity index (χ3v) is 5.61. The molecule has 4 aromatic rings. The van der Waals surface area contributed by atoms with Gasteiger partial charge in [-0.2, -0.15) is 0 Å². The summed E-state index contributed by atoms with van der Waals surface area (Å²) in [5.74, 6) is 0.796. The van der Waals surface area contributed by atoms with E-state index in [1.54, 1.807) is 23.1 Å². The number of carbonyl (C=O) groups is 1. The highest BCUT2D eigenvalue weighted by atomic mass is 32.1. The van der Waals surface area contributed by atoms with Crippen LogP contribution < -0.4 is 5.32 Å². The van der Waals surface area contributed by atoms with Gasteiger partial charge in [-0.1, -0.05) is 6.07 Å². The van der Waals surface area contributed by atoms with Gasteiger partial charge in [-0.05, 0) is 41.8 Å². The number of aromatic nitrogens is 1. The minimum absolute atomic E-state index is 0.0242. The van der Waals surface area contributed by atoms with E-state index in [4.69, 9.17) is 4.42 Å². The van der Waals surface area contributed by atoms with Gasteiger partial charge in [0.1, 0.15) is 5.76 Å². The predicted molar refractivity (Wildman–Crippen MR) is 96.8 cm³/mol. The van der Waals surface area contributed by atoms with Crippen molar-refractivity contribution in [3.05, 3.63) is 75.8 Å². The van der Waals surface area contributed by atoms with Crippen molar-refractivity contribution >= 4 is 38.8 Å². The topological polar surface area (TPSA) is 55.1 Å².